The quantitative estimate of drug-likeness (QED) is 0.757. The van der Waals surface area contributed by atoms with Crippen molar-refractivity contribution in [1.82, 2.24) is 5.32 Å². The van der Waals surface area contributed by atoms with Crippen LogP contribution in [0.4, 0.5) is 0 Å². The van der Waals surface area contributed by atoms with Crippen LogP contribution in [0.25, 0.3) is 0 Å². The third kappa shape index (κ3) is 4.64. The van der Waals surface area contributed by atoms with Crippen molar-refractivity contribution < 1.29 is 19.4 Å². The van der Waals surface area contributed by atoms with E-state index in [2.05, 4.69) is 5.32 Å². The van der Waals surface area contributed by atoms with E-state index in [1.54, 1.807) is 13.8 Å². The maximum absolute atomic E-state index is 11.6. The molecule has 0 radical (unpaired) electrons. The van der Waals surface area contributed by atoms with Gasteiger partial charge in [0.15, 0.2) is 0 Å². The van der Waals surface area contributed by atoms with E-state index in [1.807, 2.05) is 6.92 Å². The van der Waals surface area contributed by atoms with Crippen molar-refractivity contribution in [3.8, 4) is 0 Å². The minimum Gasteiger partial charge on any atom is -0.481 e. The van der Waals surface area contributed by atoms with Crippen LogP contribution in [0.15, 0.2) is 0 Å². The molecule has 1 heterocycles. The van der Waals surface area contributed by atoms with Crippen LogP contribution in [0.1, 0.15) is 46.5 Å². The van der Waals surface area contributed by atoms with Crippen LogP contribution >= 0.6 is 0 Å². The summed E-state index contributed by atoms with van der Waals surface area (Å²) in [6.45, 7) is 5.38. The van der Waals surface area contributed by atoms with Gasteiger partial charge in [0.05, 0.1) is 17.6 Å². The predicted octanol–water partition coefficient (Wildman–Crippen LogP) is 1.56. The Labute approximate surface area is 108 Å². The van der Waals surface area contributed by atoms with Gasteiger partial charge in [0.2, 0.25) is 5.91 Å². The summed E-state index contributed by atoms with van der Waals surface area (Å²) in [6.07, 6.45) is 3.65. The molecule has 0 aromatic carbocycles. The molecule has 0 aromatic rings. The summed E-state index contributed by atoms with van der Waals surface area (Å²) in [7, 11) is 0. The molecule has 1 rings (SSSR count). The predicted molar refractivity (Wildman–Crippen MR) is 67.2 cm³/mol. The van der Waals surface area contributed by atoms with E-state index in [-0.39, 0.29) is 18.6 Å². The number of carboxylic acid groups (broad SMARTS) is 1. The molecule has 0 spiro atoms. The largest absolute Gasteiger partial charge is 0.481 e. The standard InChI is InChI=1S/C13H23NO4/c1-9-4-5-10(18-9)6-7-11(15)14-8-13(2,3)12(16)17/h9-10H,4-8H2,1-3H3,(H,14,15)(H,16,17)/t9-,10-/m1/s1. The summed E-state index contributed by atoms with van der Waals surface area (Å²) in [4.78, 5) is 22.5. The first-order valence-corrected chi connectivity index (χ1v) is 6.47. The second-order valence-corrected chi connectivity index (χ2v) is 5.65. The maximum Gasteiger partial charge on any atom is 0.310 e. The highest BCUT2D eigenvalue weighted by Gasteiger charge is 2.28. The lowest BCUT2D eigenvalue weighted by Crippen LogP contribution is -2.39. The van der Waals surface area contributed by atoms with Gasteiger partial charge in [-0.1, -0.05) is 0 Å². The van der Waals surface area contributed by atoms with Crippen molar-refractivity contribution in [3.63, 3.8) is 0 Å². The number of ether oxygens (including phenoxy) is 1. The topological polar surface area (TPSA) is 75.6 Å². The van der Waals surface area contributed by atoms with Crippen LogP contribution in [-0.4, -0.2) is 35.7 Å². The summed E-state index contributed by atoms with van der Waals surface area (Å²) in [5.41, 5.74) is -0.923. The first kappa shape index (κ1) is 15.0. The number of amides is 1. The van der Waals surface area contributed by atoms with Crippen molar-refractivity contribution >= 4 is 11.9 Å². The van der Waals surface area contributed by atoms with Gasteiger partial charge in [0, 0.05) is 13.0 Å². The molecule has 0 unspecified atom stereocenters. The number of carboxylic acids is 1. The van der Waals surface area contributed by atoms with Crippen LogP contribution < -0.4 is 5.32 Å². The van der Waals surface area contributed by atoms with Crippen LogP contribution in [-0.2, 0) is 14.3 Å². The lowest BCUT2D eigenvalue weighted by atomic mass is 9.94. The van der Waals surface area contributed by atoms with Crippen molar-refractivity contribution in [1.29, 1.82) is 0 Å². The summed E-state index contributed by atoms with van der Waals surface area (Å²) in [5.74, 6) is -1.01. The lowest BCUT2D eigenvalue weighted by Gasteiger charge is -2.19. The Balaban J connectivity index is 2.20. The number of carbonyl (C=O) groups excluding carboxylic acids is 1. The highest BCUT2D eigenvalue weighted by atomic mass is 16.5. The molecule has 2 atom stereocenters. The molecule has 5 nitrogen and oxygen atoms in total. The van der Waals surface area contributed by atoms with Crippen LogP contribution in [0.5, 0.6) is 0 Å². The fourth-order valence-electron chi connectivity index (χ4n) is 1.87. The molecule has 2 N–H and O–H groups in total. The fourth-order valence-corrected chi connectivity index (χ4v) is 1.87. The van der Waals surface area contributed by atoms with E-state index < -0.39 is 11.4 Å². The third-order valence-electron chi connectivity index (χ3n) is 3.32. The molecule has 0 saturated carbocycles. The monoisotopic (exact) mass is 257 g/mol. The van der Waals surface area contributed by atoms with Gasteiger partial charge >= 0.3 is 5.97 Å². The molecular formula is C13H23NO4. The normalized spacial score (nSPS) is 23.9. The number of hydrogen-bond donors (Lipinski definition) is 2. The highest BCUT2D eigenvalue weighted by Crippen LogP contribution is 2.22. The molecule has 1 aliphatic rings. The summed E-state index contributed by atoms with van der Waals surface area (Å²) in [5, 5.41) is 11.6. The minimum absolute atomic E-state index is 0.104. The number of hydrogen-bond acceptors (Lipinski definition) is 3. The van der Waals surface area contributed by atoms with Crippen molar-refractivity contribution in [2.45, 2.75) is 58.7 Å². The summed E-state index contributed by atoms with van der Waals surface area (Å²) >= 11 is 0. The molecule has 1 amide bonds. The van der Waals surface area contributed by atoms with E-state index in [1.165, 1.54) is 0 Å². The number of nitrogens with one attached hydrogen (secondary N) is 1. The summed E-state index contributed by atoms with van der Waals surface area (Å²) in [6, 6.07) is 0. The van der Waals surface area contributed by atoms with E-state index in [4.69, 9.17) is 9.84 Å². The van der Waals surface area contributed by atoms with Crippen LogP contribution in [0.3, 0.4) is 0 Å². The van der Waals surface area contributed by atoms with Crippen LogP contribution in [0, 0.1) is 5.41 Å². The van der Waals surface area contributed by atoms with E-state index in [9.17, 15) is 9.59 Å². The van der Waals surface area contributed by atoms with Crippen LogP contribution in [0.2, 0.25) is 0 Å². The Hall–Kier alpha value is -1.10. The molecule has 5 heteroatoms. The Bertz CT molecular complexity index is 314. The first-order valence-electron chi connectivity index (χ1n) is 6.47. The minimum atomic E-state index is -0.923. The summed E-state index contributed by atoms with van der Waals surface area (Å²) < 4.78 is 5.62. The maximum atomic E-state index is 11.6. The average molecular weight is 257 g/mol. The molecule has 1 saturated heterocycles. The zero-order chi connectivity index (χ0) is 13.8. The van der Waals surface area contributed by atoms with Gasteiger partial charge in [-0.2, -0.15) is 0 Å². The molecule has 0 aromatic heterocycles. The molecule has 0 aliphatic carbocycles. The molecular weight excluding hydrogens is 234 g/mol. The molecule has 18 heavy (non-hydrogen) atoms. The smallest absolute Gasteiger partial charge is 0.310 e. The molecule has 0 bridgehead atoms. The third-order valence-corrected chi connectivity index (χ3v) is 3.32. The van der Waals surface area contributed by atoms with E-state index >= 15 is 0 Å². The lowest BCUT2D eigenvalue weighted by molar-refractivity contribution is -0.146. The Morgan fingerprint density at radius 3 is 2.56 bits per heavy atom. The second kappa shape index (κ2) is 6.18. The zero-order valence-electron chi connectivity index (χ0n) is 11.4. The highest BCUT2D eigenvalue weighted by molar-refractivity contribution is 5.78. The van der Waals surface area contributed by atoms with E-state index in [0.29, 0.717) is 18.9 Å². The van der Waals surface area contributed by atoms with Gasteiger partial charge in [-0.25, -0.2) is 0 Å². The number of carbonyl (C=O) groups is 2. The van der Waals surface area contributed by atoms with Gasteiger partial charge in [-0.15, -0.1) is 0 Å². The Morgan fingerprint density at radius 2 is 2.06 bits per heavy atom. The molecule has 104 valence electrons. The van der Waals surface area contributed by atoms with Crippen molar-refractivity contribution in [3.05, 3.63) is 0 Å². The first-order chi connectivity index (χ1) is 8.31. The number of rotatable bonds is 6. The SMILES string of the molecule is C[C@@H]1CC[C@H](CCC(=O)NCC(C)(C)C(=O)O)O1. The van der Waals surface area contributed by atoms with Gasteiger partial charge in [0.25, 0.3) is 0 Å². The zero-order valence-corrected chi connectivity index (χ0v) is 11.4. The van der Waals surface area contributed by atoms with Gasteiger partial charge in [-0.05, 0) is 40.0 Å². The Morgan fingerprint density at radius 1 is 1.39 bits per heavy atom. The van der Waals surface area contributed by atoms with Crippen molar-refractivity contribution in [2.75, 3.05) is 6.54 Å². The fraction of sp³-hybridized carbons (Fsp3) is 0.846. The van der Waals surface area contributed by atoms with Gasteiger partial charge < -0.3 is 15.2 Å². The van der Waals surface area contributed by atoms with Gasteiger partial charge in [-0.3, -0.25) is 9.59 Å². The molecule has 1 fully saturated rings. The van der Waals surface area contributed by atoms with Gasteiger partial charge in [0.1, 0.15) is 0 Å². The Kier molecular flexibility index (Phi) is 5.14. The average Bonchev–Trinajstić information content (AvgIpc) is 2.69. The van der Waals surface area contributed by atoms with E-state index in [0.717, 1.165) is 12.8 Å². The van der Waals surface area contributed by atoms with Crippen molar-refractivity contribution in [2.24, 2.45) is 5.41 Å². The molecule has 1 aliphatic heterocycles. The number of aliphatic carboxylic acids is 1. The second-order valence-electron chi connectivity index (χ2n) is 5.65.